The first-order valence-corrected chi connectivity index (χ1v) is 14.4. The molecule has 0 radical (unpaired) electrons. The van der Waals surface area contributed by atoms with Crippen molar-refractivity contribution in [3.05, 3.63) is 77.5 Å². The van der Waals surface area contributed by atoms with Gasteiger partial charge in [-0.3, -0.25) is 4.98 Å². The van der Waals surface area contributed by atoms with E-state index in [0.29, 0.717) is 12.3 Å². The summed E-state index contributed by atoms with van der Waals surface area (Å²) in [4.78, 5) is 4.97. The number of ether oxygens (including phenoxy) is 1. The lowest BCUT2D eigenvalue weighted by atomic mass is 9.85. The minimum Gasteiger partial charge on any atom is -0.456 e. The number of rotatable bonds is 5. The second kappa shape index (κ2) is 9.34. The van der Waals surface area contributed by atoms with E-state index in [-0.39, 0.29) is 5.41 Å². The van der Waals surface area contributed by atoms with E-state index in [9.17, 15) is 5.26 Å². The number of fused-ring (bicyclic) bond motifs is 5. The van der Waals surface area contributed by atoms with Crippen LogP contribution < -0.4 is 4.74 Å². The molecule has 0 saturated carbocycles. The average Bonchev–Trinajstić information content (AvgIpc) is 2.88. The van der Waals surface area contributed by atoms with Crippen LogP contribution in [0.3, 0.4) is 0 Å². The van der Waals surface area contributed by atoms with Gasteiger partial charge in [0, 0.05) is 17.3 Å². The normalized spacial score (nSPS) is 13.1. The molecule has 3 nitrogen and oxygen atoms in total. The van der Waals surface area contributed by atoms with Crippen LogP contribution in [0.5, 0.6) is 11.5 Å². The zero-order valence-corrected chi connectivity index (χ0v) is 24.8. The van der Waals surface area contributed by atoms with E-state index in [1.807, 2.05) is 20.0 Å². The molecule has 40 heavy (non-hydrogen) atoms. The van der Waals surface area contributed by atoms with Gasteiger partial charge in [0.15, 0.2) is 0 Å². The largest absolute Gasteiger partial charge is 0.456 e. The fraction of sp³-hybridized carbons (Fsp3) is 0.351. The van der Waals surface area contributed by atoms with Crippen molar-refractivity contribution in [2.45, 2.75) is 67.7 Å². The molecule has 6 rings (SSSR count). The number of hydrogen-bond donors (Lipinski definition) is 0. The SMILES string of the molecule is CC(C)Cc1c2c(cc3cc(CC(C)(C)C)ccc13)-c1nccc3c1c(cc1ccc(CC(C)(C)C#N)cc13)O2. The minimum absolute atomic E-state index is 0.222. The first-order chi connectivity index (χ1) is 18.9. The van der Waals surface area contributed by atoms with Crippen LogP contribution >= 0.6 is 0 Å². The van der Waals surface area contributed by atoms with Gasteiger partial charge in [0.1, 0.15) is 11.5 Å². The van der Waals surface area contributed by atoms with Gasteiger partial charge in [-0.25, -0.2) is 0 Å². The van der Waals surface area contributed by atoms with Crippen molar-refractivity contribution in [1.82, 2.24) is 4.98 Å². The highest BCUT2D eigenvalue weighted by molar-refractivity contribution is 6.16. The highest BCUT2D eigenvalue weighted by atomic mass is 16.5. The predicted molar refractivity (Wildman–Crippen MR) is 167 cm³/mol. The van der Waals surface area contributed by atoms with Crippen molar-refractivity contribution in [2.24, 2.45) is 16.7 Å². The zero-order valence-electron chi connectivity index (χ0n) is 24.8. The van der Waals surface area contributed by atoms with Crippen molar-refractivity contribution in [1.29, 1.82) is 5.26 Å². The molecule has 0 fully saturated rings. The molecule has 0 spiro atoms. The van der Waals surface area contributed by atoms with E-state index in [4.69, 9.17) is 9.72 Å². The van der Waals surface area contributed by atoms with E-state index in [1.165, 1.54) is 32.8 Å². The molecule has 0 atom stereocenters. The standard InChI is InChI=1S/C37H38N2O/c1-22(2)14-30-27-11-9-23(19-36(3,4)5)15-26(27)17-31-34-33-28(12-13-39-34)29-16-24(20-37(6,7)21-38)8-10-25(29)18-32(33)40-35(30)31/h8-13,15-18,22H,14,19-20H2,1-7H3. The van der Waals surface area contributed by atoms with Gasteiger partial charge in [0.2, 0.25) is 0 Å². The molecule has 0 unspecified atom stereocenters. The summed E-state index contributed by atoms with van der Waals surface area (Å²) in [5, 5.41) is 16.6. The molecule has 1 aliphatic rings. The van der Waals surface area contributed by atoms with Gasteiger partial charge in [-0.15, -0.1) is 0 Å². The summed E-state index contributed by atoms with van der Waals surface area (Å²) in [5.74, 6) is 2.31. The van der Waals surface area contributed by atoms with Crippen molar-refractivity contribution < 1.29 is 4.74 Å². The molecule has 0 N–H and O–H groups in total. The maximum absolute atomic E-state index is 9.60. The van der Waals surface area contributed by atoms with Crippen LogP contribution in [-0.4, -0.2) is 4.98 Å². The topological polar surface area (TPSA) is 45.9 Å². The Balaban J connectivity index is 1.60. The Morgan fingerprint density at radius 2 is 1.57 bits per heavy atom. The molecule has 0 bridgehead atoms. The summed E-state index contributed by atoms with van der Waals surface area (Å²) in [7, 11) is 0. The molecule has 0 saturated heterocycles. The van der Waals surface area contributed by atoms with Gasteiger partial charge in [0.05, 0.1) is 22.6 Å². The Kier molecular flexibility index (Phi) is 6.15. The van der Waals surface area contributed by atoms with Crippen LogP contribution in [0.2, 0.25) is 0 Å². The summed E-state index contributed by atoms with van der Waals surface area (Å²) in [6, 6.07) is 22.5. The molecule has 0 amide bonds. The van der Waals surface area contributed by atoms with Gasteiger partial charge >= 0.3 is 0 Å². The second-order valence-corrected chi connectivity index (χ2v) is 13.9. The molecule has 2 heterocycles. The third kappa shape index (κ3) is 4.71. The van der Waals surface area contributed by atoms with Crippen LogP contribution in [0.25, 0.3) is 43.6 Å². The van der Waals surface area contributed by atoms with Crippen LogP contribution in [0.15, 0.2) is 60.8 Å². The quantitative estimate of drug-likeness (QED) is 0.210. The molecule has 4 aromatic carbocycles. The van der Waals surface area contributed by atoms with Crippen molar-refractivity contribution in [2.75, 3.05) is 0 Å². The number of aromatic nitrogens is 1. The highest BCUT2D eigenvalue weighted by Gasteiger charge is 2.27. The zero-order chi connectivity index (χ0) is 28.4. The lowest BCUT2D eigenvalue weighted by Crippen LogP contribution is -2.11. The first-order valence-electron chi connectivity index (χ1n) is 14.4. The molecule has 3 heteroatoms. The van der Waals surface area contributed by atoms with Crippen LogP contribution in [0.1, 0.15) is 65.2 Å². The Labute approximate surface area is 237 Å². The third-order valence-corrected chi connectivity index (χ3v) is 7.91. The molecule has 202 valence electrons. The van der Waals surface area contributed by atoms with E-state index in [0.717, 1.165) is 51.8 Å². The number of pyridine rings is 1. The number of benzene rings is 4. The third-order valence-electron chi connectivity index (χ3n) is 7.91. The molecule has 5 aromatic rings. The summed E-state index contributed by atoms with van der Waals surface area (Å²) < 4.78 is 6.85. The molecular weight excluding hydrogens is 488 g/mol. The van der Waals surface area contributed by atoms with E-state index >= 15 is 0 Å². The average molecular weight is 527 g/mol. The molecular formula is C37H38N2O. The Hall–Kier alpha value is -3.90. The van der Waals surface area contributed by atoms with Crippen LogP contribution in [0.4, 0.5) is 0 Å². The maximum atomic E-state index is 9.60. The number of hydrogen-bond acceptors (Lipinski definition) is 3. The predicted octanol–water partition coefficient (Wildman–Crippen LogP) is 10.2. The second-order valence-electron chi connectivity index (χ2n) is 13.9. The van der Waals surface area contributed by atoms with E-state index in [1.54, 1.807) is 0 Å². The number of nitrogens with zero attached hydrogens (tertiary/aromatic N) is 2. The maximum Gasteiger partial charge on any atom is 0.140 e. The Bertz CT molecular complexity index is 1850. The van der Waals surface area contributed by atoms with Crippen molar-refractivity contribution in [3.8, 4) is 28.8 Å². The minimum atomic E-state index is -0.413. The molecule has 1 aromatic heterocycles. The van der Waals surface area contributed by atoms with Crippen molar-refractivity contribution in [3.63, 3.8) is 0 Å². The van der Waals surface area contributed by atoms with Crippen molar-refractivity contribution >= 4 is 32.3 Å². The van der Waals surface area contributed by atoms with E-state index < -0.39 is 5.41 Å². The van der Waals surface area contributed by atoms with Gasteiger partial charge in [0.25, 0.3) is 0 Å². The lowest BCUT2D eigenvalue weighted by Gasteiger charge is -2.26. The summed E-state index contributed by atoms with van der Waals surface area (Å²) in [6.45, 7) is 15.4. The fourth-order valence-corrected chi connectivity index (χ4v) is 6.30. The lowest BCUT2D eigenvalue weighted by molar-refractivity contribution is 0.411. The highest BCUT2D eigenvalue weighted by Crippen LogP contribution is 2.51. The van der Waals surface area contributed by atoms with Crippen LogP contribution in [-0.2, 0) is 19.3 Å². The first kappa shape index (κ1) is 26.3. The molecule has 1 aliphatic heterocycles. The monoisotopic (exact) mass is 526 g/mol. The summed E-state index contributed by atoms with van der Waals surface area (Å²) in [6.07, 6.45) is 4.62. The van der Waals surface area contributed by atoms with E-state index in [2.05, 4.69) is 95.3 Å². The Morgan fingerprint density at radius 3 is 2.30 bits per heavy atom. The van der Waals surface area contributed by atoms with Gasteiger partial charge in [-0.05, 0) is 101 Å². The summed E-state index contributed by atoms with van der Waals surface area (Å²) >= 11 is 0. The molecule has 0 aliphatic carbocycles. The van der Waals surface area contributed by atoms with Gasteiger partial charge in [-0.1, -0.05) is 71.0 Å². The van der Waals surface area contributed by atoms with Gasteiger partial charge in [-0.2, -0.15) is 5.26 Å². The summed E-state index contributed by atoms with van der Waals surface area (Å²) in [5.41, 5.74) is 5.67. The smallest absolute Gasteiger partial charge is 0.140 e. The Morgan fingerprint density at radius 1 is 0.825 bits per heavy atom. The fourth-order valence-electron chi connectivity index (χ4n) is 6.30. The number of nitriles is 1. The van der Waals surface area contributed by atoms with Crippen LogP contribution in [0, 0.1) is 28.1 Å². The van der Waals surface area contributed by atoms with Gasteiger partial charge < -0.3 is 4.74 Å².